The highest BCUT2D eigenvalue weighted by atomic mass is 32.2. The number of aliphatic hydroxyl groups excluding tert-OH is 2. The Morgan fingerprint density at radius 2 is 2.23 bits per heavy atom. The van der Waals surface area contributed by atoms with Gasteiger partial charge >= 0.3 is 5.97 Å². The predicted molar refractivity (Wildman–Crippen MR) is 98.9 cm³/mol. The van der Waals surface area contributed by atoms with E-state index in [1.165, 1.54) is 39.3 Å². The summed E-state index contributed by atoms with van der Waals surface area (Å²) in [6, 6.07) is -0.329. The van der Waals surface area contributed by atoms with Crippen molar-refractivity contribution in [2.45, 2.75) is 36.9 Å². The fraction of sp³-hybridized carbons (Fsp3) is 0.438. The van der Waals surface area contributed by atoms with Crippen molar-refractivity contribution in [2.75, 3.05) is 0 Å². The predicted octanol–water partition coefficient (Wildman–Crippen LogP) is 2.10. The maximum Gasteiger partial charge on any atom is 0.353 e. The molecule has 0 unspecified atom stereocenters. The Labute approximate surface area is 161 Å². The van der Waals surface area contributed by atoms with Crippen LogP contribution >= 0.6 is 34.4 Å². The van der Waals surface area contributed by atoms with Crippen LogP contribution in [0.4, 0.5) is 0 Å². The summed E-state index contributed by atoms with van der Waals surface area (Å²) in [5, 5.41) is 30.8. The lowest BCUT2D eigenvalue weighted by atomic mass is 9.79. The third-order valence-electron chi connectivity index (χ3n) is 4.87. The lowest BCUT2D eigenvalue weighted by molar-refractivity contribution is -0.163. The number of aliphatic hydroxyl groups is 2. The molecule has 0 saturated carbocycles. The van der Waals surface area contributed by atoms with Gasteiger partial charge in [0.2, 0.25) is 5.91 Å². The molecule has 26 heavy (non-hydrogen) atoms. The second kappa shape index (κ2) is 6.31. The number of aliphatic carboxylic acids is 1. The summed E-state index contributed by atoms with van der Waals surface area (Å²) in [6.45, 7) is 3.35. The molecule has 2 aliphatic heterocycles. The summed E-state index contributed by atoms with van der Waals surface area (Å²) in [5.74, 6) is -2.25. The summed E-state index contributed by atoms with van der Waals surface area (Å²) in [5.41, 5.74) is 1.50. The van der Waals surface area contributed by atoms with E-state index in [-0.39, 0.29) is 30.2 Å². The van der Waals surface area contributed by atoms with E-state index in [2.05, 4.69) is 4.98 Å². The third kappa shape index (κ3) is 2.43. The minimum atomic E-state index is -1.14. The quantitative estimate of drug-likeness (QED) is 0.645. The summed E-state index contributed by atoms with van der Waals surface area (Å²) in [7, 11) is 0. The monoisotopic (exact) mass is 412 g/mol. The maximum atomic E-state index is 12.3. The van der Waals surface area contributed by atoms with Crippen LogP contribution < -0.4 is 0 Å². The minimum absolute atomic E-state index is 0.00432. The molecule has 0 bridgehead atoms. The van der Waals surface area contributed by atoms with Gasteiger partial charge in [0, 0.05) is 16.4 Å². The minimum Gasteiger partial charge on any atom is -0.477 e. The lowest BCUT2D eigenvalue weighted by Crippen LogP contribution is -2.63. The van der Waals surface area contributed by atoms with Gasteiger partial charge < -0.3 is 20.2 Å². The first-order chi connectivity index (χ1) is 12.3. The molecule has 1 fully saturated rings. The van der Waals surface area contributed by atoms with E-state index < -0.39 is 18.0 Å². The van der Waals surface area contributed by atoms with Gasteiger partial charge in [0.1, 0.15) is 9.71 Å². The van der Waals surface area contributed by atoms with Crippen molar-refractivity contribution in [3.05, 3.63) is 21.5 Å². The van der Waals surface area contributed by atoms with Crippen molar-refractivity contribution in [3.63, 3.8) is 0 Å². The topological polar surface area (TPSA) is 111 Å². The number of carbonyl (C=O) groups excluding carboxylic acids is 1. The maximum absolute atomic E-state index is 12.3. The van der Waals surface area contributed by atoms with Gasteiger partial charge in [-0.3, -0.25) is 4.79 Å². The number of amides is 1. The Morgan fingerprint density at radius 3 is 2.85 bits per heavy atom. The highest BCUT2D eigenvalue weighted by molar-refractivity contribution is 8.04. The van der Waals surface area contributed by atoms with Crippen molar-refractivity contribution in [1.29, 1.82) is 0 Å². The molecule has 10 heteroatoms. The molecule has 0 spiro atoms. The van der Waals surface area contributed by atoms with Crippen molar-refractivity contribution >= 4 is 55.8 Å². The number of fused-ring (bicyclic) bond motifs is 2. The molecule has 3 N–H and O–H groups in total. The number of rotatable bonds is 5. The largest absolute Gasteiger partial charge is 0.477 e. The van der Waals surface area contributed by atoms with Crippen LogP contribution in [0.3, 0.4) is 0 Å². The molecule has 0 aromatic carbocycles. The summed E-state index contributed by atoms with van der Waals surface area (Å²) in [4.78, 5) is 30.6. The fourth-order valence-corrected chi connectivity index (χ4v) is 7.30. The van der Waals surface area contributed by atoms with Crippen molar-refractivity contribution in [2.24, 2.45) is 11.8 Å². The Balaban J connectivity index is 1.70. The zero-order chi connectivity index (χ0) is 18.7. The number of carboxylic acid groups (broad SMARTS) is 1. The van der Waals surface area contributed by atoms with Crippen LogP contribution in [0.15, 0.2) is 20.3 Å². The number of hydrogen-bond acceptors (Lipinski definition) is 8. The molecule has 2 aromatic rings. The van der Waals surface area contributed by atoms with E-state index in [9.17, 15) is 24.9 Å². The number of carbonyl (C=O) groups is 2. The van der Waals surface area contributed by atoms with E-state index in [0.29, 0.717) is 9.24 Å². The Morgan fingerprint density at radius 1 is 1.50 bits per heavy atom. The first-order valence-electron chi connectivity index (χ1n) is 7.99. The number of thiophene rings is 1. The first-order valence-corrected chi connectivity index (χ1v) is 10.5. The highest BCUT2D eigenvalue weighted by Gasteiger charge is 2.60. The van der Waals surface area contributed by atoms with E-state index in [0.717, 1.165) is 15.1 Å². The normalized spacial score (nSPS) is 26.4. The van der Waals surface area contributed by atoms with Crippen LogP contribution in [0.1, 0.15) is 19.4 Å². The van der Waals surface area contributed by atoms with Gasteiger partial charge in [-0.15, -0.1) is 11.3 Å². The molecule has 4 rings (SSSR count). The Hall–Kier alpha value is -1.46. The average molecular weight is 413 g/mol. The first kappa shape index (κ1) is 17.9. The number of nitrogens with zero attached hydrogens (tertiary/aromatic N) is 2. The van der Waals surface area contributed by atoms with E-state index in [4.69, 9.17) is 0 Å². The molecular formula is C16H16N2O5S3. The van der Waals surface area contributed by atoms with Crippen LogP contribution in [-0.4, -0.2) is 49.2 Å². The van der Waals surface area contributed by atoms with Gasteiger partial charge in [-0.25, -0.2) is 9.78 Å². The number of thiazole rings is 1. The van der Waals surface area contributed by atoms with Gasteiger partial charge in [0.15, 0.2) is 4.34 Å². The van der Waals surface area contributed by atoms with Crippen molar-refractivity contribution in [1.82, 2.24) is 9.88 Å². The molecule has 2 aromatic heterocycles. The third-order valence-corrected chi connectivity index (χ3v) is 8.41. The zero-order valence-electron chi connectivity index (χ0n) is 13.9. The highest BCUT2D eigenvalue weighted by Crippen LogP contribution is 2.52. The smallest absolute Gasteiger partial charge is 0.353 e. The van der Waals surface area contributed by atoms with Gasteiger partial charge in [-0.2, -0.15) is 0 Å². The standard InChI is InChI=1S/C16H16N2O5S3/c1-5-10-8(6(2)20)13(21)18(10)11(14(22)23)12(5)25-16-17-9-7(3-19)4-24-15(9)26-16/h4-6,8,10,19-20H,3H2,1-2H3,(H,22,23)/t5-,6-,8-,10-/m1/s1. The molecule has 1 amide bonds. The SMILES string of the molecule is C[C@@H](O)[C@H]1C(=O)N2C(C(=O)O)=C(Sc3nc4c(CO)csc4s3)[C@H](C)[C@H]12. The van der Waals surface area contributed by atoms with Gasteiger partial charge in [-0.05, 0) is 12.3 Å². The summed E-state index contributed by atoms with van der Waals surface area (Å²) >= 11 is 4.21. The molecule has 0 aliphatic carbocycles. The molecule has 1 saturated heterocycles. The number of aromatic nitrogens is 1. The van der Waals surface area contributed by atoms with E-state index in [1.54, 1.807) is 6.92 Å². The molecular weight excluding hydrogens is 396 g/mol. The molecule has 2 aliphatic rings. The Kier molecular flexibility index (Phi) is 4.35. The molecule has 7 nitrogen and oxygen atoms in total. The van der Waals surface area contributed by atoms with Crippen LogP contribution in [0.2, 0.25) is 0 Å². The summed E-state index contributed by atoms with van der Waals surface area (Å²) in [6.07, 6.45) is -0.817. The van der Waals surface area contributed by atoms with E-state index >= 15 is 0 Å². The zero-order valence-corrected chi connectivity index (χ0v) is 16.3. The molecule has 138 valence electrons. The second-order valence-corrected chi connectivity index (χ2v) is 9.84. The van der Waals surface area contributed by atoms with Crippen LogP contribution in [0.5, 0.6) is 0 Å². The molecule has 4 atom stereocenters. The number of hydrogen-bond donors (Lipinski definition) is 3. The van der Waals surface area contributed by atoms with Crippen LogP contribution in [0, 0.1) is 11.8 Å². The lowest BCUT2D eigenvalue weighted by Gasteiger charge is -2.46. The Bertz CT molecular complexity index is 947. The molecule has 4 heterocycles. The van der Waals surface area contributed by atoms with Gasteiger partial charge in [0.25, 0.3) is 0 Å². The van der Waals surface area contributed by atoms with E-state index in [1.807, 2.05) is 12.3 Å². The number of β-lactam (4-membered cyclic amide) rings is 1. The van der Waals surface area contributed by atoms with Gasteiger partial charge in [-0.1, -0.05) is 30.0 Å². The number of thioether (sulfide) groups is 1. The van der Waals surface area contributed by atoms with Crippen LogP contribution in [-0.2, 0) is 16.2 Å². The van der Waals surface area contributed by atoms with Gasteiger partial charge in [0.05, 0.1) is 30.2 Å². The second-order valence-electron chi connectivity index (χ2n) is 6.41. The van der Waals surface area contributed by atoms with Crippen molar-refractivity contribution in [3.8, 4) is 0 Å². The van der Waals surface area contributed by atoms with Crippen LogP contribution in [0.25, 0.3) is 9.53 Å². The number of carboxylic acids is 1. The average Bonchev–Trinajstić information content (AvgIpc) is 3.19. The van der Waals surface area contributed by atoms with Crippen molar-refractivity contribution < 1.29 is 24.9 Å². The summed E-state index contributed by atoms with van der Waals surface area (Å²) < 4.78 is 1.66. The molecule has 0 radical (unpaired) electrons. The fourth-order valence-electron chi connectivity index (χ4n) is 3.66.